The summed E-state index contributed by atoms with van der Waals surface area (Å²) in [6, 6.07) is 8.39. The zero-order valence-corrected chi connectivity index (χ0v) is 12.8. The average molecular weight is 323 g/mol. The second kappa shape index (κ2) is 9.89. The normalized spacial score (nSPS) is 10.4. The van der Waals surface area contributed by atoms with Crippen LogP contribution >= 0.6 is 28.3 Å². The Morgan fingerprint density at radius 2 is 1.88 bits per heavy atom. The molecule has 0 unspecified atom stereocenters. The van der Waals surface area contributed by atoms with E-state index in [0.29, 0.717) is 6.10 Å². The minimum atomic E-state index is 0. The van der Waals surface area contributed by atoms with E-state index in [2.05, 4.69) is 59.4 Å². The van der Waals surface area contributed by atoms with Gasteiger partial charge in [-0.1, -0.05) is 28.1 Å². The van der Waals surface area contributed by atoms with Crippen LogP contribution in [0.3, 0.4) is 0 Å². The van der Waals surface area contributed by atoms with Gasteiger partial charge in [0.05, 0.1) is 6.10 Å². The first-order valence-corrected chi connectivity index (χ1v) is 6.54. The van der Waals surface area contributed by atoms with Crippen LogP contribution in [0.4, 0.5) is 0 Å². The highest BCUT2D eigenvalue weighted by molar-refractivity contribution is 9.10. The van der Waals surface area contributed by atoms with Gasteiger partial charge in [0.15, 0.2) is 0 Å². The first kappa shape index (κ1) is 16.9. The molecule has 0 bridgehead atoms. The minimum Gasteiger partial charge on any atom is -0.379 e. The Labute approximate surface area is 119 Å². The van der Waals surface area contributed by atoms with Crippen LogP contribution in [0.2, 0.25) is 0 Å². The lowest BCUT2D eigenvalue weighted by Crippen LogP contribution is -2.17. The van der Waals surface area contributed by atoms with Crippen molar-refractivity contribution in [3.63, 3.8) is 0 Å². The van der Waals surface area contributed by atoms with Gasteiger partial charge in [0.1, 0.15) is 0 Å². The van der Waals surface area contributed by atoms with Crippen molar-refractivity contribution in [2.75, 3.05) is 13.2 Å². The zero-order chi connectivity index (χ0) is 11.8. The van der Waals surface area contributed by atoms with Crippen LogP contribution in [-0.2, 0) is 11.3 Å². The van der Waals surface area contributed by atoms with Crippen LogP contribution in [0.25, 0.3) is 0 Å². The molecule has 0 aliphatic carbocycles. The highest BCUT2D eigenvalue weighted by atomic mass is 79.9. The monoisotopic (exact) mass is 321 g/mol. The Morgan fingerprint density at radius 3 is 2.47 bits per heavy atom. The van der Waals surface area contributed by atoms with E-state index in [9.17, 15) is 0 Å². The fraction of sp³-hybridized carbons (Fsp3) is 0.538. The standard InChI is InChI=1S/C13H20BrNO.ClH/c1-11(2)16-9-3-8-15-10-12-4-6-13(14)7-5-12;/h4-7,11,15H,3,8-10H2,1-2H3;1H. The summed E-state index contributed by atoms with van der Waals surface area (Å²) in [6.45, 7) is 6.90. The molecule has 0 heterocycles. The van der Waals surface area contributed by atoms with Gasteiger partial charge < -0.3 is 10.1 Å². The summed E-state index contributed by atoms with van der Waals surface area (Å²) in [5, 5.41) is 3.40. The molecule has 4 heteroatoms. The van der Waals surface area contributed by atoms with Crippen molar-refractivity contribution >= 4 is 28.3 Å². The van der Waals surface area contributed by atoms with E-state index in [4.69, 9.17) is 4.74 Å². The Balaban J connectivity index is 0.00000256. The van der Waals surface area contributed by atoms with E-state index < -0.39 is 0 Å². The van der Waals surface area contributed by atoms with Crippen LogP contribution in [0, 0.1) is 0 Å². The van der Waals surface area contributed by atoms with Crippen LogP contribution in [-0.4, -0.2) is 19.3 Å². The Kier molecular flexibility index (Phi) is 9.84. The summed E-state index contributed by atoms with van der Waals surface area (Å²) < 4.78 is 6.59. The third kappa shape index (κ3) is 8.61. The second-order valence-electron chi connectivity index (χ2n) is 4.08. The van der Waals surface area contributed by atoms with Gasteiger partial charge in [0.2, 0.25) is 0 Å². The van der Waals surface area contributed by atoms with Crippen LogP contribution in [0.1, 0.15) is 25.8 Å². The Bertz CT molecular complexity index is 290. The van der Waals surface area contributed by atoms with Crippen molar-refractivity contribution in [3.8, 4) is 0 Å². The van der Waals surface area contributed by atoms with Crippen molar-refractivity contribution in [3.05, 3.63) is 34.3 Å². The van der Waals surface area contributed by atoms with Gasteiger partial charge in [-0.15, -0.1) is 12.4 Å². The fourth-order valence-electron chi connectivity index (χ4n) is 1.35. The number of halogens is 2. The van der Waals surface area contributed by atoms with E-state index >= 15 is 0 Å². The van der Waals surface area contributed by atoms with Crippen molar-refractivity contribution in [1.82, 2.24) is 5.32 Å². The van der Waals surface area contributed by atoms with Gasteiger partial charge in [-0.2, -0.15) is 0 Å². The van der Waals surface area contributed by atoms with Crippen LogP contribution in [0.15, 0.2) is 28.7 Å². The lowest BCUT2D eigenvalue weighted by Gasteiger charge is -2.08. The third-order valence-electron chi connectivity index (χ3n) is 2.19. The van der Waals surface area contributed by atoms with Crippen molar-refractivity contribution in [1.29, 1.82) is 0 Å². The van der Waals surface area contributed by atoms with Gasteiger partial charge in [-0.25, -0.2) is 0 Å². The minimum absolute atomic E-state index is 0. The van der Waals surface area contributed by atoms with Gasteiger partial charge in [0.25, 0.3) is 0 Å². The fourth-order valence-corrected chi connectivity index (χ4v) is 1.62. The summed E-state index contributed by atoms with van der Waals surface area (Å²) in [4.78, 5) is 0. The molecular weight excluding hydrogens is 302 g/mol. The molecule has 2 nitrogen and oxygen atoms in total. The molecule has 1 N–H and O–H groups in total. The van der Waals surface area contributed by atoms with E-state index in [1.54, 1.807) is 0 Å². The van der Waals surface area contributed by atoms with Gasteiger partial charge in [0, 0.05) is 17.6 Å². The summed E-state index contributed by atoms with van der Waals surface area (Å²) in [7, 11) is 0. The second-order valence-corrected chi connectivity index (χ2v) is 4.99. The van der Waals surface area contributed by atoms with E-state index in [-0.39, 0.29) is 12.4 Å². The number of hydrogen-bond donors (Lipinski definition) is 1. The zero-order valence-electron chi connectivity index (χ0n) is 10.4. The predicted molar refractivity (Wildman–Crippen MR) is 78.8 cm³/mol. The molecule has 1 aromatic carbocycles. The highest BCUT2D eigenvalue weighted by Gasteiger charge is 1.94. The number of ether oxygens (including phenoxy) is 1. The average Bonchev–Trinajstić information content (AvgIpc) is 2.25. The molecule has 0 atom stereocenters. The van der Waals surface area contributed by atoms with Gasteiger partial charge >= 0.3 is 0 Å². The van der Waals surface area contributed by atoms with Crippen molar-refractivity contribution < 1.29 is 4.74 Å². The molecule has 1 rings (SSSR count). The molecule has 0 saturated carbocycles. The number of hydrogen-bond acceptors (Lipinski definition) is 2. The van der Waals surface area contributed by atoms with Gasteiger partial charge in [-0.05, 0) is 44.5 Å². The maximum Gasteiger partial charge on any atom is 0.0518 e. The van der Waals surface area contributed by atoms with Crippen molar-refractivity contribution in [2.24, 2.45) is 0 Å². The Hall–Kier alpha value is -0.0900. The van der Waals surface area contributed by atoms with Crippen LogP contribution < -0.4 is 5.32 Å². The molecule has 98 valence electrons. The molecule has 0 radical (unpaired) electrons. The molecule has 0 aliphatic rings. The highest BCUT2D eigenvalue weighted by Crippen LogP contribution is 2.10. The van der Waals surface area contributed by atoms with E-state index in [1.807, 2.05) is 0 Å². The molecular formula is C13H21BrClNO. The molecule has 17 heavy (non-hydrogen) atoms. The Morgan fingerprint density at radius 1 is 1.24 bits per heavy atom. The van der Waals surface area contributed by atoms with Crippen molar-refractivity contribution in [2.45, 2.75) is 32.9 Å². The van der Waals surface area contributed by atoms with Crippen LogP contribution in [0.5, 0.6) is 0 Å². The first-order valence-electron chi connectivity index (χ1n) is 5.75. The molecule has 0 aromatic heterocycles. The smallest absolute Gasteiger partial charge is 0.0518 e. The molecule has 0 aliphatic heterocycles. The number of rotatable bonds is 7. The molecule has 0 saturated heterocycles. The molecule has 0 spiro atoms. The quantitative estimate of drug-likeness (QED) is 0.772. The van der Waals surface area contributed by atoms with E-state index in [0.717, 1.165) is 30.6 Å². The lowest BCUT2D eigenvalue weighted by atomic mass is 10.2. The summed E-state index contributed by atoms with van der Waals surface area (Å²) in [5.74, 6) is 0. The first-order chi connectivity index (χ1) is 7.68. The molecule has 0 fully saturated rings. The third-order valence-corrected chi connectivity index (χ3v) is 2.72. The SMILES string of the molecule is CC(C)OCCCNCc1ccc(Br)cc1.Cl. The number of nitrogens with one attached hydrogen (secondary N) is 1. The summed E-state index contributed by atoms with van der Waals surface area (Å²) in [6.07, 6.45) is 1.40. The number of benzene rings is 1. The summed E-state index contributed by atoms with van der Waals surface area (Å²) in [5.41, 5.74) is 1.31. The maximum absolute atomic E-state index is 5.46. The van der Waals surface area contributed by atoms with Gasteiger partial charge in [-0.3, -0.25) is 0 Å². The molecule has 0 amide bonds. The topological polar surface area (TPSA) is 21.3 Å². The van der Waals surface area contributed by atoms with E-state index in [1.165, 1.54) is 5.56 Å². The predicted octanol–water partition coefficient (Wildman–Crippen LogP) is 3.78. The molecule has 1 aromatic rings. The largest absolute Gasteiger partial charge is 0.379 e. The maximum atomic E-state index is 5.46. The lowest BCUT2D eigenvalue weighted by molar-refractivity contribution is 0.0770. The summed E-state index contributed by atoms with van der Waals surface area (Å²) >= 11 is 3.42.